The Morgan fingerprint density at radius 2 is 0.444 bits per heavy atom. The second-order valence-corrected chi connectivity index (χ2v) is 1.22. The van der Waals surface area contributed by atoms with Crippen molar-refractivity contribution in [2.75, 3.05) is 0 Å². The van der Waals surface area contributed by atoms with Gasteiger partial charge in [0.1, 0.15) is 0 Å². The summed E-state index contributed by atoms with van der Waals surface area (Å²) in [7, 11) is -5.17. The third-order valence-electron chi connectivity index (χ3n) is 0. The Labute approximate surface area is 111 Å². The normalized spacial score (nSPS) is 3.22. The van der Waals surface area contributed by atoms with Gasteiger partial charge in [-0.15, -0.1) is 0 Å². The van der Waals surface area contributed by atoms with E-state index in [4.69, 9.17) is 17.5 Å². The molecular weight excluding hydrogens is 347 g/mol. The summed E-state index contributed by atoms with van der Waals surface area (Å²) in [4.78, 5) is 0. The minimum absolute atomic E-state index is 0. The van der Waals surface area contributed by atoms with Crippen molar-refractivity contribution in [1.82, 2.24) is 0 Å². The van der Waals surface area contributed by atoms with Gasteiger partial charge in [0.25, 0.3) is 0 Å². The van der Waals surface area contributed by atoms with Gasteiger partial charge >= 0.3 is 16.8 Å². The summed E-state index contributed by atoms with van der Waals surface area (Å²) >= 11 is 0. The molecule has 0 atom stereocenters. The average Bonchev–Trinajstić information content (AvgIpc) is 0.722. The van der Waals surface area contributed by atoms with E-state index in [1.54, 1.807) is 0 Å². The molecule has 0 aliphatic carbocycles. The molecule has 0 rings (SSSR count). The van der Waals surface area contributed by atoms with E-state index in [2.05, 4.69) is 0 Å². The largest absolute Gasteiger partial charge is 2.00 e. The maximum absolute atomic E-state index is 8.52. The van der Waals surface area contributed by atoms with Crippen LogP contribution in [0, 0.1) is 0 Å². The molecule has 0 saturated carbocycles. The summed E-state index contributed by atoms with van der Waals surface area (Å²) in [5.41, 5.74) is 0. The van der Waals surface area contributed by atoms with Crippen molar-refractivity contribution < 1.29 is 100 Å². The topological polar surface area (TPSA) is 458 Å². The first-order chi connectivity index (χ1) is 2.00. The van der Waals surface area contributed by atoms with Crippen LogP contribution < -0.4 is 0 Å². The zero-order chi connectivity index (χ0) is 4.50. The third-order valence-corrected chi connectivity index (χ3v) is 0. The van der Waals surface area contributed by atoms with Crippen LogP contribution >= 0.6 is 0 Å². The standard InChI is InChI=1S/Co.H2O4S.12H2O/c;1-5(2,3)4;;;;;;;;;;;;/h;(H2,1,2,3,4);12*1H2/q+2;;;;;;;;;;;;;/p-2. The zero-order valence-corrected chi connectivity index (χ0v) is 10.2. The van der Waals surface area contributed by atoms with Crippen LogP contribution in [0.5, 0.6) is 0 Å². The summed E-state index contributed by atoms with van der Waals surface area (Å²) in [6.07, 6.45) is 0. The maximum Gasteiger partial charge on any atom is 2.00 e. The van der Waals surface area contributed by atoms with E-state index >= 15 is 0 Å². The molecule has 24 N–H and O–H groups in total. The summed E-state index contributed by atoms with van der Waals surface area (Å²) in [5, 5.41) is 0. The molecule has 0 amide bonds. The van der Waals surface area contributed by atoms with E-state index in [-0.39, 0.29) is 82.5 Å². The monoisotopic (exact) mass is 371 g/mol. The van der Waals surface area contributed by atoms with Crippen molar-refractivity contribution in [3.05, 3.63) is 0 Å². The molecule has 18 heavy (non-hydrogen) atoms. The predicted molar refractivity (Wildman–Crippen MR) is 53.8 cm³/mol. The van der Waals surface area contributed by atoms with Crippen molar-refractivity contribution in [1.29, 1.82) is 0 Å². The molecule has 0 aromatic heterocycles. The fourth-order valence-corrected chi connectivity index (χ4v) is 0. The van der Waals surface area contributed by atoms with Gasteiger partial charge in [-0.1, -0.05) is 0 Å². The van der Waals surface area contributed by atoms with E-state index < -0.39 is 10.4 Å². The van der Waals surface area contributed by atoms with Gasteiger partial charge in [0.15, 0.2) is 0 Å². The van der Waals surface area contributed by atoms with Gasteiger partial charge in [0.05, 0.1) is 0 Å². The van der Waals surface area contributed by atoms with Crippen LogP contribution in [0.2, 0.25) is 0 Å². The van der Waals surface area contributed by atoms with Crippen LogP contribution in [0.1, 0.15) is 0 Å². The molecule has 0 aliphatic rings. The minimum atomic E-state index is -5.17. The Morgan fingerprint density at radius 3 is 0.444 bits per heavy atom. The molecule has 16 nitrogen and oxygen atoms in total. The van der Waals surface area contributed by atoms with E-state index in [0.717, 1.165) is 0 Å². The molecule has 0 bridgehead atoms. The molecule has 0 fully saturated rings. The van der Waals surface area contributed by atoms with Gasteiger partial charge in [0.2, 0.25) is 0 Å². The fraction of sp³-hybridized carbons (Fsp3) is 0. The summed E-state index contributed by atoms with van der Waals surface area (Å²) < 4.78 is 34.1. The van der Waals surface area contributed by atoms with E-state index in [1.807, 2.05) is 0 Å². The second kappa shape index (κ2) is 123. The summed E-state index contributed by atoms with van der Waals surface area (Å²) in [6, 6.07) is 0. The molecule has 0 heterocycles. The first-order valence-electron chi connectivity index (χ1n) is 0.667. The van der Waals surface area contributed by atoms with Gasteiger partial charge in [0, 0.05) is 10.4 Å². The smallest absolute Gasteiger partial charge is 0.759 e. The Hall–Kier alpha value is -0.104. The summed E-state index contributed by atoms with van der Waals surface area (Å²) in [5.74, 6) is 0. The fourth-order valence-electron chi connectivity index (χ4n) is 0. The third kappa shape index (κ3) is 329000. The van der Waals surface area contributed by atoms with Crippen molar-refractivity contribution in [2.24, 2.45) is 0 Å². The molecule has 0 aliphatic heterocycles. The quantitative estimate of drug-likeness (QED) is 0.295. The Morgan fingerprint density at radius 1 is 0.444 bits per heavy atom. The Kier molecular flexibility index (Phi) is 2300. The molecule has 0 unspecified atom stereocenters. The van der Waals surface area contributed by atoms with Gasteiger partial charge in [-0.05, 0) is 0 Å². The molecule has 1 radical (unpaired) electrons. The number of rotatable bonds is 0. The SMILES string of the molecule is O.O.O.O.O.O.O.O.O.O.O.O.O=S(=O)([O-])[O-].[Co+2]. The number of hydrogen-bond donors (Lipinski definition) is 0. The molecular formula is H24CoO16S. The van der Waals surface area contributed by atoms with Crippen molar-refractivity contribution in [3.8, 4) is 0 Å². The number of hydrogen-bond acceptors (Lipinski definition) is 4. The van der Waals surface area contributed by atoms with Crippen LogP contribution in [-0.4, -0.2) is 83.2 Å². The zero-order valence-electron chi connectivity index (χ0n) is 8.37. The van der Waals surface area contributed by atoms with Gasteiger partial charge < -0.3 is 74.8 Å². The average molecular weight is 371 g/mol. The van der Waals surface area contributed by atoms with Crippen LogP contribution in [0.3, 0.4) is 0 Å². The Balaban J connectivity index is -0.00000000103. The maximum atomic E-state index is 8.52. The first-order valence-corrected chi connectivity index (χ1v) is 2.00. The molecule has 0 saturated heterocycles. The predicted octanol–water partition coefficient (Wildman–Crippen LogP) is -11.2. The first kappa shape index (κ1) is 337. The summed E-state index contributed by atoms with van der Waals surface area (Å²) in [6.45, 7) is 0. The van der Waals surface area contributed by atoms with Gasteiger partial charge in [-0.25, -0.2) is 0 Å². The van der Waals surface area contributed by atoms with E-state index in [9.17, 15) is 0 Å². The molecule has 135 valence electrons. The van der Waals surface area contributed by atoms with Crippen LogP contribution in [0.25, 0.3) is 0 Å². The minimum Gasteiger partial charge on any atom is -0.759 e. The van der Waals surface area contributed by atoms with Crippen molar-refractivity contribution >= 4 is 10.4 Å². The molecule has 18 heteroatoms. The van der Waals surface area contributed by atoms with Gasteiger partial charge in [-0.2, -0.15) is 0 Å². The molecule has 0 spiro atoms. The van der Waals surface area contributed by atoms with Crippen molar-refractivity contribution in [2.45, 2.75) is 0 Å². The van der Waals surface area contributed by atoms with Crippen LogP contribution in [-0.2, 0) is 27.2 Å². The molecule has 0 aromatic rings. The van der Waals surface area contributed by atoms with Crippen LogP contribution in [0.15, 0.2) is 0 Å². The molecule has 0 aromatic carbocycles. The van der Waals surface area contributed by atoms with E-state index in [1.165, 1.54) is 0 Å². The second-order valence-electron chi connectivity index (χ2n) is 0.408. The Bertz CT molecular complexity index is 94.3. The van der Waals surface area contributed by atoms with Crippen molar-refractivity contribution in [3.63, 3.8) is 0 Å². The van der Waals surface area contributed by atoms with Gasteiger partial charge in [-0.3, -0.25) is 8.42 Å². The van der Waals surface area contributed by atoms with Crippen LogP contribution in [0.4, 0.5) is 0 Å². The van der Waals surface area contributed by atoms with E-state index in [0.29, 0.717) is 0 Å².